The maximum Gasteiger partial charge on any atom is 0.262 e. The summed E-state index contributed by atoms with van der Waals surface area (Å²) in [5.74, 6) is -1.82. The summed E-state index contributed by atoms with van der Waals surface area (Å²) in [6.45, 7) is 5.00. The second-order valence-corrected chi connectivity index (χ2v) is 6.84. The van der Waals surface area contributed by atoms with Crippen molar-refractivity contribution in [2.24, 2.45) is 5.92 Å². The van der Waals surface area contributed by atoms with Gasteiger partial charge >= 0.3 is 0 Å². The average molecular weight is 364 g/mol. The Morgan fingerprint density at radius 2 is 1.52 bits per heavy atom. The van der Waals surface area contributed by atoms with E-state index < -0.39 is 23.8 Å². The molecule has 6 nitrogen and oxygen atoms in total. The van der Waals surface area contributed by atoms with Gasteiger partial charge in [-0.25, -0.2) is 0 Å². The third kappa shape index (κ3) is 3.38. The number of rotatable bonds is 5. The zero-order valence-electron chi connectivity index (χ0n) is 15.4. The number of hydrogen-bond donors (Lipinski definition) is 1. The molecule has 1 atom stereocenters. The Morgan fingerprint density at radius 3 is 2.04 bits per heavy atom. The van der Waals surface area contributed by atoms with Crippen LogP contribution in [0.4, 0.5) is 5.69 Å². The minimum atomic E-state index is -0.960. The lowest BCUT2D eigenvalue weighted by molar-refractivity contribution is -0.121. The maximum atomic E-state index is 12.9. The van der Waals surface area contributed by atoms with Crippen molar-refractivity contribution in [2.45, 2.75) is 26.8 Å². The van der Waals surface area contributed by atoms with E-state index >= 15 is 0 Å². The fraction of sp³-hybridized carbons (Fsp3) is 0.238. The summed E-state index contributed by atoms with van der Waals surface area (Å²) in [7, 11) is 0. The van der Waals surface area contributed by atoms with Crippen LogP contribution in [-0.4, -0.2) is 34.4 Å². The number of amides is 3. The van der Waals surface area contributed by atoms with Crippen LogP contribution >= 0.6 is 0 Å². The lowest BCUT2D eigenvalue weighted by Gasteiger charge is -2.28. The van der Waals surface area contributed by atoms with Crippen LogP contribution in [0.5, 0.6) is 0 Å². The van der Waals surface area contributed by atoms with Crippen molar-refractivity contribution in [3.05, 3.63) is 65.2 Å². The molecule has 0 bridgehead atoms. The molecule has 1 heterocycles. The minimum absolute atomic E-state index is 0.119. The van der Waals surface area contributed by atoms with E-state index in [0.717, 1.165) is 4.90 Å². The van der Waals surface area contributed by atoms with Crippen LogP contribution in [0.3, 0.4) is 0 Å². The van der Waals surface area contributed by atoms with Gasteiger partial charge in [0.1, 0.15) is 6.04 Å². The van der Waals surface area contributed by atoms with E-state index in [1.807, 2.05) is 0 Å². The number of hydrogen-bond acceptors (Lipinski definition) is 4. The van der Waals surface area contributed by atoms with Gasteiger partial charge in [0, 0.05) is 11.3 Å². The Kier molecular flexibility index (Phi) is 4.90. The molecular weight excluding hydrogens is 344 g/mol. The first-order chi connectivity index (χ1) is 12.8. The fourth-order valence-electron chi connectivity index (χ4n) is 3.21. The summed E-state index contributed by atoms with van der Waals surface area (Å²) in [4.78, 5) is 51.0. The standard InChI is InChI=1S/C21H20N2O4/c1-12(2)18(19(25)22-15-8-6-7-14(11-15)13(3)24)23-20(26)16-9-4-5-10-17(16)21(23)27/h4-12,18H,1-3H3,(H,22,25)/t18-/m0/s1. The van der Waals surface area contributed by atoms with Gasteiger partial charge in [-0.3, -0.25) is 24.1 Å². The average Bonchev–Trinajstić information content (AvgIpc) is 2.87. The molecule has 2 aromatic rings. The van der Waals surface area contributed by atoms with Crippen LogP contribution in [-0.2, 0) is 4.79 Å². The van der Waals surface area contributed by atoms with E-state index in [0.29, 0.717) is 22.4 Å². The van der Waals surface area contributed by atoms with Crippen LogP contribution in [0, 0.1) is 5.92 Å². The van der Waals surface area contributed by atoms with Gasteiger partial charge in [-0.05, 0) is 37.1 Å². The highest BCUT2D eigenvalue weighted by molar-refractivity contribution is 6.23. The molecule has 1 N–H and O–H groups in total. The highest BCUT2D eigenvalue weighted by Crippen LogP contribution is 2.27. The van der Waals surface area contributed by atoms with Gasteiger partial charge in [0.25, 0.3) is 11.8 Å². The van der Waals surface area contributed by atoms with Gasteiger partial charge in [0.05, 0.1) is 11.1 Å². The summed E-state index contributed by atoms with van der Waals surface area (Å²) in [6, 6.07) is 12.1. The molecule has 3 rings (SSSR count). The number of nitrogens with zero attached hydrogens (tertiary/aromatic N) is 1. The summed E-state index contributed by atoms with van der Waals surface area (Å²) < 4.78 is 0. The van der Waals surface area contributed by atoms with Crippen molar-refractivity contribution in [1.29, 1.82) is 0 Å². The number of fused-ring (bicyclic) bond motifs is 1. The summed E-state index contributed by atoms with van der Waals surface area (Å²) in [5, 5.41) is 2.73. The van der Waals surface area contributed by atoms with Gasteiger partial charge < -0.3 is 5.32 Å². The number of anilines is 1. The molecule has 6 heteroatoms. The van der Waals surface area contributed by atoms with E-state index in [4.69, 9.17) is 0 Å². The lowest BCUT2D eigenvalue weighted by atomic mass is 10.0. The van der Waals surface area contributed by atoms with Crippen molar-refractivity contribution in [3.63, 3.8) is 0 Å². The molecule has 0 radical (unpaired) electrons. The minimum Gasteiger partial charge on any atom is -0.324 e. The number of carbonyl (C=O) groups is 4. The molecule has 0 saturated heterocycles. The quantitative estimate of drug-likeness (QED) is 0.652. The predicted molar refractivity (Wildman–Crippen MR) is 101 cm³/mol. The highest BCUT2D eigenvalue weighted by Gasteiger charge is 2.43. The van der Waals surface area contributed by atoms with Crippen LogP contribution < -0.4 is 5.32 Å². The zero-order chi connectivity index (χ0) is 19.7. The Morgan fingerprint density at radius 1 is 0.926 bits per heavy atom. The summed E-state index contributed by atoms with van der Waals surface area (Å²) in [5.41, 5.74) is 1.52. The maximum absolute atomic E-state index is 12.9. The van der Waals surface area contributed by atoms with Crippen LogP contribution in [0.1, 0.15) is 51.8 Å². The molecule has 2 aromatic carbocycles. The molecule has 3 amide bonds. The number of imide groups is 1. The van der Waals surface area contributed by atoms with Crippen molar-refractivity contribution in [2.75, 3.05) is 5.32 Å². The fourth-order valence-corrected chi connectivity index (χ4v) is 3.21. The van der Waals surface area contributed by atoms with Crippen molar-refractivity contribution in [3.8, 4) is 0 Å². The van der Waals surface area contributed by atoms with E-state index in [1.54, 1.807) is 62.4 Å². The molecule has 0 saturated carbocycles. The molecule has 1 aliphatic heterocycles. The zero-order valence-corrected chi connectivity index (χ0v) is 15.4. The Hall–Kier alpha value is -3.28. The number of benzene rings is 2. The van der Waals surface area contributed by atoms with Gasteiger partial charge in [0.15, 0.2) is 5.78 Å². The third-order valence-corrected chi connectivity index (χ3v) is 4.54. The second kappa shape index (κ2) is 7.15. The first kappa shape index (κ1) is 18.5. The molecule has 0 fully saturated rings. The molecule has 27 heavy (non-hydrogen) atoms. The molecular formula is C21H20N2O4. The van der Waals surface area contributed by atoms with Crippen LogP contribution in [0.25, 0.3) is 0 Å². The number of carbonyl (C=O) groups excluding carboxylic acids is 4. The summed E-state index contributed by atoms with van der Waals surface area (Å²) in [6.07, 6.45) is 0. The highest BCUT2D eigenvalue weighted by atomic mass is 16.2. The smallest absolute Gasteiger partial charge is 0.262 e. The topological polar surface area (TPSA) is 83.6 Å². The van der Waals surface area contributed by atoms with Crippen LogP contribution in [0.2, 0.25) is 0 Å². The largest absolute Gasteiger partial charge is 0.324 e. The summed E-state index contributed by atoms with van der Waals surface area (Å²) >= 11 is 0. The lowest BCUT2D eigenvalue weighted by Crippen LogP contribution is -2.50. The van der Waals surface area contributed by atoms with E-state index in [1.165, 1.54) is 6.92 Å². The Labute approximate surface area is 157 Å². The SMILES string of the molecule is CC(=O)c1cccc(NC(=O)[C@H](C(C)C)N2C(=O)c3ccccc3C2=O)c1. The second-order valence-electron chi connectivity index (χ2n) is 6.84. The monoisotopic (exact) mass is 364 g/mol. The van der Waals surface area contributed by atoms with Crippen molar-refractivity contribution < 1.29 is 19.2 Å². The molecule has 0 aromatic heterocycles. The van der Waals surface area contributed by atoms with E-state index in [2.05, 4.69) is 5.32 Å². The Bertz CT molecular complexity index is 914. The van der Waals surface area contributed by atoms with Crippen LogP contribution in [0.15, 0.2) is 48.5 Å². The molecule has 0 spiro atoms. The van der Waals surface area contributed by atoms with Gasteiger partial charge in [0.2, 0.25) is 5.91 Å². The van der Waals surface area contributed by atoms with E-state index in [-0.39, 0.29) is 11.7 Å². The Balaban J connectivity index is 1.90. The van der Waals surface area contributed by atoms with Crippen molar-refractivity contribution >= 4 is 29.2 Å². The molecule has 0 unspecified atom stereocenters. The predicted octanol–water partition coefficient (Wildman–Crippen LogP) is 3.15. The van der Waals surface area contributed by atoms with Crippen molar-refractivity contribution in [1.82, 2.24) is 4.90 Å². The van der Waals surface area contributed by atoms with Gasteiger partial charge in [-0.15, -0.1) is 0 Å². The molecule has 138 valence electrons. The van der Waals surface area contributed by atoms with Gasteiger partial charge in [-0.2, -0.15) is 0 Å². The number of ketones is 1. The normalized spacial score (nSPS) is 14.3. The molecule has 0 aliphatic carbocycles. The number of Topliss-reactive ketones (excluding diaryl/α,β-unsaturated/α-hetero) is 1. The first-order valence-electron chi connectivity index (χ1n) is 8.70. The number of nitrogens with one attached hydrogen (secondary N) is 1. The third-order valence-electron chi connectivity index (χ3n) is 4.54. The first-order valence-corrected chi connectivity index (χ1v) is 8.70. The van der Waals surface area contributed by atoms with E-state index in [9.17, 15) is 19.2 Å². The molecule has 1 aliphatic rings. The van der Waals surface area contributed by atoms with Gasteiger partial charge in [-0.1, -0.05) is 38.1 Å².